The lowest BCUT2D eigenvalue weighted by molar-refractivity contribution is -0.113. The first-order valence-corrected chi connectivity index (χ1v) is 14.0. The van der Waals surface area contributed by atoms with E-state index in [4.69, 9.17) is 0 Å². The van der Waals surface area contributed by atoms with Gasteiger partial charge >= 0.3 is 0 Å². The molecule has 0 spiro atoms. The van der Waals surface area contributed by atoms with Gasteiger partial charge in [0, 0.05) is 18.8 Å². The molecule has 0 saturated carbocycles. The van der Waals surface area contributed by atoms with Crippen LogP contribution in [0, 0.1) is 13.8 Å². The summed E-state index contributed by atoms with van der Waals surface area (Å²) in [7, 11) is -3.48. The highest BCUT2D eigenvalue weighted by Crippen LogP contribution is 2.27. The molecule has 0 aliphatic carbocycles. The molecule has 1 N–H and O–H groups in total. The van der Waals surface area contributed by atoms with Crippen LogP contribution in [0.1, 0.15) is 24.0 Å². The molecule has 11 heteroatoms. The zero-order chi connectivity index (χ0) is 25.3. The minimum Gasteiger partial charge on any atom is -0.325 e. The number of aryl methyl sites for hydroxylation is 2. The predicted octanol–water partition coefficient (Wildman–Crippen LogP) is 3.95. The van der Waals surface area contributed by atoms with Gasteiger partial charge in [-0.05, 0) is 74.2 Å². The van der Waals surface area contributed by atoms with Gasteiger partial charge in [-0.25, -0.2) is 23.1 Å². The fourth-order valence-electron chi connectivity index (χ4n) is 4.10. The van der Waals surface area contributed by atoms with Crippen molar-refractivity contribution in [3.8, 4) is 5.69 Å². The lowest BCUT2D eigenvalue weighted by Gasteiger charge is -2.15. The predicted molar refractivity (Wildman–Crippen MR) is 140 cm³/mol. The number of nitrogens with one attached hydrogen (secondary N) is 1. The molecular formula is C25H26N6O3S2. The van der Waals surface area contributed by atoms with E-state index < -0.39 is 10.0 Å². The van der Waals surface area contributed by atoms with Gasteiger partial charge in [-0.1, -0.05) is 17.8 Å². The first-order valence-electron chi connectivity index (χ1n) is 11.6. The molecule has 186 valence electrons. The molecule has 0 unspecified atom stereocenters. The Labute approximate surface area is 214 Å². The third-order valence-electron chi connectivity index (χ3n) is 6.25. The molecule has 1 saturated heterocycles. The molecule has 4 aromatic rings. The van der Waals surface area contributed by atoms with Gasteiger partial charge in [-0.3, -0.25) is 4.79 Å². The molecule has 5 rings (SSSR count). The van der Waals surface area contributed by atoms with Gasteiger partial charge in [0.15, 0.2) is 5.65 Å². The van der Waals surface area contributed by atoms with Crippen molar-refractivity contribution >= 4 is 44.4 Å². The van der Waals surface area contributed by atoms with Crippen LogP contribution in [0.5, 0.6) is 0 Å². The summed E-state index contributed by atoms with van der Waals surface area (Å²) in [6.45, 7) is 5.22. The van der Waals surface area contributed by atoms with Crippen LogP contribution in [0.4, 0.5) is 5.69 Å². The van der Waals surface area contributed by atoms with Crippen molar-refractivity contribution in [2.75, 3.05) is 24.2 Å². The van der Waals surface area contributed by atoms with Crippen molar-refractivity contribution in [2.24, 2.45) is 0 Å². The molecule has 36 heavy (non-hydrogen) atoms. The Balaban J connectivity index is 1.25. The Bertz CT molecular complexity index is 1530. The number of sulfonamides is 1. The summed E-state index contributed by atoms with van der Waals surface area (Å²) < 4.78 is 28.6. The quantitative estimate of drug-likeness (QED) is 0.289. The second-order valence-corrected chi connectivity index (χ2v) is 11.6. The zero-order valence-corrected chi connectivity index (χ0v) is 21.6. The smallest absolute Gasteiger partial charge is 0.243 e. The average molecular weight is 523 g/mol. The topological polar surface area (TPSA) is 110 Å². The number of carbonyl (C=O) groups excluding carboxylic acids is 1. The van der Waals surface area contributed by atoms with E-state index in [9.17, 15) is 13.2 Å². The van der Waals surface area contributed by atoms with E-state index in [0.29, 0.717) is 29.5 Å². The van der Waals surface area contributed by atoms with E-state index in [1.165, 1.54) is 40.1 Å². The van der Waals surface area contributed by atoms with Gasteiger partial charge in [-0.15, -0.1) is 0 Å². The molecule has 0 bridgehead atoms. The van der Waals surface area contributed by atoms with Crippen LogP contribution < -0.4 is 5.32 Å². The summed E-state index contributed by atoms with van der Waals surface area (Å²) in [6.07, 6.45) is 4.96. The van der Waals surface area contributed by atoms with Crippen LogP contribution in [0.15, 0.2) is 64.9 Å². The standard InChI is InChI=1S/C25H26N6O3S2/c1-17-5-8-20(13-18(17)2)31-24-22(14-28-31)25(27-16-26-24)35-15-23(32)29-19-6-9-21(10-7-19)36(33,34)30-11-3-4-12-30/h5-10,13-14,16H,3-4,11-12,15H2,1-2H3,(H,29,32). The Kier molecular flexibility index (Phi) is 6.78. The van der Waals surface area contributed by atoms with Crippen molar-refractivity contribution in [3.05, 3.63) is 66.1 Å². The van der Waals surface area contributed by atoms with E-state index in [1.807, 2.05) is 12.1 Å². The molecule has 2 aromatic carbocycles. The number of anilines is 1. The third-order valence-corrected chi connectivity index (χ3v) is 9.16. The molecule has 9 nitrogen and oxygen atoms in total. The zero-order valence-electron chi connectivity index (χ0n) is 20.0. The molecule has 0 radical (unpaired) electrons. The number of rotatable bonds is 7. The van der Waals surface area contributed by atoms with Crippen LogP contribution in [0.2, 0.25) is 0 Å². The largest absolute Gasteiger partial charge is 0.325 e. The molecular weight excluding hydrogens is 496 g/mol. The van der Waals surface area contributed by atoms with Gasteiger partial charge in [0.05, 0.1) is 27.9 Å². The van der Waals surface area contributed by atoms with Gasteiger partial charge in [0.25, 0.3) is 0 Å². The number of hydrogen-bond donors (Lipinski definition) is 1. The van der Waals surface area contributed by atoms with E-state index in [0.717, 1.165) is 29.5 Å². The molecule has 1 aliphatic heterocycles. The summed E-state index contributed by atoms with van der Waals surface area (Å²) in [4.78, 5) is 21.6. The van der Waals surface area contributed by atoms with Crippen molar-refractivity contribution in [1.82, 2.24) is 24.1 Å². The number of fused-ring (bicyclic) bond motifs is 1. The number of aromatic nitrogens is 4. The van der Waals surface area contributed by atoms with Crippen LogP contribution in [-0.2, 0) is 14.8 Å². The minimum atomic E-state index is -3.48. The highest BCUT2D eigenvalue weighted by molar-refractivity contribution is 8.00. The van der Waals surface area contributed by atoms with Crippen molar-refractivity contribution < 1.29 is 13.2 Å². The molecule has 2 aromatic heterocycles. The maximum Gasteiger partial charge on any atom is 0.243 e. The normalized spacial score (nSPS) is 14.4. The Hall–Kier alpha value is -3.28. The first kappa shape index (κ1) is 24.4. The number of carbonyl (C=O) groups is 1. The Morgan fingerprint density at radius 2 is 1.78 bits per heavy atom. The number of hydrogen-bond acceptors (Lipinski definition) is 7. The molecule has 3 heterocycles. The van der Waals surface area contributed by atoms with Crippen LogP contribution in [0.25, 0.3) is 16.7 Å². The molecule has 0 atom stereocenters. The highest BCUT2D eigenvalue weighted by Gasteiger charge is 2.27. The average Bonchev–Trinajstić information content (AvgIpc) is 3.56. The fourth-order valence-corrected chi connectivity index (χ4v) is 6.38. The van der Waals surface area contributed by atoms with Crippen LogP contribution >= 0.6 is 11.8 Å². The summed E-state index contributed by atoms with van der Waals surface area (Å²) in [5.74, 6) is -0.0853. The maximum absolute atomic E-state index is 12.7. The second kappa shape index (κ2) is 10.00. The Morgan fingerprint density at radius 1 is 1.03 bits per heavy atom. The van der Waals surface area contributed by atoms with Crippen LogP contribution in [-0.4, -0.2) is 57.2 Å². The maximum atomic E-state index is 12.7. The molecule has 1 amide bonds. The summed E-state index contributed by atoms with van der Waals surface area (Å²) in [5.41, 5.74) is 4.49. The number of nitrogens with zero attached hydrogens (tertiary/aromatic N) is 5. The van der Waals surface area contributed by atoms with E-state index in [2.05, 4.69) is 40.3 Å². The highest BCUT2D eigenvalue weighted by atomic mass is 32.2. The van der Waals surface area contributed by atoms with Crippen LogP contribution in [0.3, 0.4) is 0 Å². The van der Waals surface area contributed by atoms with Gasteiger partial charge in [-0.2, -0.15) is 9.40 Å². The number of amides is 1. The van der Waals surface area contributed by atoms with Crippen molar-refractivity contribution in [1.29, 1.82) is 0 Å². The minimum absolute atomic E-state index is 0.134. The van der Waals surface area contributed by atoms with E-state index in [1.54, 1.807) is 23.0 Å². The number of thioether (sulfide) groups is 1. The first-order chi connectivity index (χ1) is 17.3. The SMILES string of the molecule is Cc1ccc(-n2ncc3c(SCC(=O)Nc4ccc(S(=O)(=O)N5CCCC5)cc4)ncnc32)cc1C. The van der Waals surface area contributed by atoms with E-state index >= 15 is 0 Å². The molecule has 1 fully saturated rings. The Morgan fingerprint density at radius 3 is 2.50 bits per heavy atom. The van der Waals surface area contributed by atoms with Gasteiger partial charge < -0.3 is 5.32 Å². The third kappa shape index (κ3) is 4.86. The fraction of sp³-hybridized carbons (Fsp3) is 0.280. The lowest BCUT2D eigenvalue weighted by atomic mass is 10.1. The summed E-state index contributed by atoms with van der Waals surface area (Å²) in [5, 5.41) is 8.75. The summed E-state index contributed by atoms with van der Waals surface area (Å²) >= 11 is 1.30. The second-order valence-electron chi connectivity index (χ2n) is 8.71. The monoisotopic (exact) mass is 522 g/mol. The van der Waals surface area contributed by atoms with Crippen molar-refractivity contribution in [3.63, 3.8) is 0 Å². The van der Waals surface area contributed by atoms with Gasteiger partial charge in [0.1, 0.15) is 11.4 Å². The molecule has 1 aliphatic rings. The van der Waals surface area contributed by atoms with Crippen molar-refractivity contribution in [2.45, 2.75) is 36.6 Å². The van der Waals surface area contributed by atoms with E-state index in [-0.39, 0.29) is 16.6 Å². The summed E-state index contributed by atoms with van der Waals surface area (Å²) in [6, 6.07) is 12.4. The van der Waals surface area contributed by atoms with Gasteiger partial charge in [0.2, 0.25) is 15.9 Å². The lowest BCUT2D eigenvalue weighted by Crippen LogP contribution is -2.27. The number of benzene rings is 2.